The second kappa shape index (κ2) is 5.76. The molecular weight excluding hydrogens is 246 g/mol. The topological polar surface area (TPSA) is 37.4 Å². The maximum absolute atomic E-state index is 11.5. The normalized spacial score (nSPS) is 21.4. The molecule has 4 heteroatoms. The van der Waals surface area contributed by atoms with E-state index in [0.717, 1.165) is 36.4 Å². The molecule has 18 heavy (non-hydrogen) atoms. The number of benzene rings is 1. The van der Waals surface area contributed by atoms with Crippen molar-refractivity contribution in [2.75, 3.05) is 31.1 Å². The van der Waals surface area contributed by atoms with Crippen LogP contribution in [0.3, 0.4) is 0 Å². The summed E-state index contributed by atoms with van der Waals surface area (Å²) >= 11 is 0. The number of rotatable bonds is 4. The summed E-state index contributed by atoms with van der Waals surface area (Å²) in [5, 5.41) is 0. The van der Waals surface area contributed by atoms with Crippen LogP contribution in [0.2, 0.25) is 0 Å². The van der Waals surface area contributed by atoms with Crippen LogP contribution in [-0.4, -0.2) is 46.5 Å². The lowest BCUT2D eigenvalue weighted by molar-refractivity contribution is -0.112. The zero-order valence-corrected chi connectivity index (χ0v) is 11.5. The lowest BCUT2D eigenvalue weighted by atomic mass is 9.83. The van der Waals surface area contributed by atoms with Crippen molar-refractivity contribution >= 4 is 17.1 Å². The monoisotopic (exact) mass is 265 g/mol. The van der Waals surface area contributed by atoms with Gasteiger partial charge in [-0.3, -0.25) is 4.21 Å². The number of aldehydes is 1. The highest BCUT2D eigenvalue weighted by atomic mass is 32.2. The van der Waals surface area contributed by atoms with Crippen LogP contribution < -0.4 is 0 Å². The van der Waals surface area contributed by atoms with Gasteiger partial charge in [-0.05, 0) is 12.5 Å². The van der Waals surface area contributed by atoms with Gasteiger partial charge in [0.2, 0.25) is 0 Å². The van der Waals surface area contributed by atoms with Crippen LogP contribution in [-0.2, 0) is 21.0 Å². The van der Waals surface area contributed by atoms with E-state index < -0.39 is 16.2 Å². The molecule has 0 radical (unpaired) electrons. The molecule has 0 saturated carbocycles. The minimum atomic E-state index is -0.666. The van der Waals surface area contributed by atoms with E-state index in [-0.39, 0.29) is 0 Å². The maximum Gasteiger partial charge on any atom is 0.131 e. The maximum atomic E-state index is 11.5. The highest BCUT2D eigenvalue weighted by Crippen LogP contribution is 2.23. The molecule has 98 valence electrons. The van der Waals surface area contributed by atoms with Crippen LogP contribution in [0.25, 0.3) is 0 Å². The van der Waals surface area contributed by atoms with E-state index in [1.807, 2.05) is 37.3 Å². The number of hydrogen-bond acceptors (Lipinski definition) is 3. The number of carbonyl (C=O) groups excluding carboxylic acids is 1. The molecule has 0 spiro atoms. The van der Waals surface area contributed by atoms with Crippen molar-refractivity contribution < 1.29 is 9.00 Å². The van der Waals surface area contributed by atoms with Gasteiger partial charge in [0.25, 0.3) is 0 Å². The van der Waals surface area contributed by atoms with Gasteiger partial charge in [-0.15, -0.1) is 0 Å². The molecule has 1 unspecified atom stereocenters. The predicted molar refractivity (Wildman–Crippen MR) is 74.2 cm³/mol. The van der Waals surface area contributed by atoms with Gasteiger partial charge in [-0.2, -0.15) is 0 Å². The molecule has 0 bridgehead atoms. The van der Waals surface area contributed by atoms with E-state index in [4.69, 9.17) is 0 Å². The zero-order valence-electron chi connectivity index (χ0n) is 10.7. The largest absolute Gasteiger partial charge is 0.302 e. The minimum Gasteiger partial charge on any atom is -0.302 e. The van der Waals surface area contributed by atoms with Gasteiger partial charge in [0.1, 0.15) is 6.29 Å². The van der Waals surface area contributed by atoms with E-state index in [9.17, 15) is 9.00 Å². The Morgan fingerprint density at radius 1 is 1.28 bits per heavy atom. The molecule has 1 heterocycles. The van der Waals surface area contributed by atoms with Crippen molar-refractivity contribution in [2.45, 2.75) is 12.3 Å². The second-order valence-corrected chi connectivity index (χ2v) is 6.72. The summed E-state index contributed by atoms with van der Waals surface area (Å²) in [4.78, 5) is 13.7. The van der Waals surface area contributed by atoms with Crippen molar-refractivity contribution in [1.82, 2.24) is 4.90 Å². The molecule has 2 rings (SSSR count). The van der Waals surface area contributed by atoms with Crippen LogP contribution in [0.5, 0.6) is 0 Å². The quantitative estimate of drug-likeness (QED) is 0.768. The van der Waals surface area contributed by atoms with Gasteiger partial charge < -0.3 is 9.69 Å². The molecule has 3 nitrogen and oxygen atoms in total. The average molecular weight is 265 g/mol. The molecule has 0 amide bonds. The molecule has 0 N–H and O–H groups in total. The molecule has 0 aliphatic carbocycles. The van der Waals surface area contributed by atoms with Gasteiger partial charge in [-0.25, -0.2) is 0 Å². The smallest absolute Gasteiger partial charge is 0.131 e. The molecule has 1 aromatic carbocycles. The Labute approximate surface area is 111 Å². The van der Waals surface area contributed by atoms with E-state index >= 15 is 0 Å². The van der Waals surface area contributed by atoms with E-state index in [1.165, 1.54) is 0 Å². The lowest BCUT2D eigenvalue weighted by Gasteiger charge is -2.33. The molecule has 1 aliphatic heterocycles. The van der Waals surface area contributed by atoms with Crippen LogP contribution in [0.1, 0.15) is 12.5 Å². The Morgan fingerprint density at radius 3 is 2.44 bits per heavy atom. The molecule has 1 atom stereocenters. The third-order valence-electron chi connectivity index (χ3n) is 3.52. The van der Waals surface area contributed by atoms with Crippen molar-refractivity contribution in [3.63, 3.8) is 0 Å². The Balaban J connectivity index is 2.09. The summed E-state index contributed by atoms with van der Waals surface area (Å²) in [7, 11) is -0.666. The zero-order chi connectivity index (χ0) is 13.0. The Hall–Kier alpha value is -1.00. The fourth-order valence-electron chi connectivity index (χ4n) is 2.31. The van der Waals surface area contributed by atoms with E-state index in [1.54, 1.807) is 0 Å². The second-order valence-electron chi connectivity index (χ2n) is 5.03. The Kier molecular flexibility index (Phi) is 4.30. The number of nitrogens with zero attached hydrogens (tertiary/aromatic N) is 1. The van der Waals surface area contributed by atoms with Crippen LogP contribution in [0.4, 0.5) is 0 Å². The van der Waals surface area contributed by atoms with Crippen molar-refractivity contribution in [2.24, 2.45) is 0 Å². The molecular formula is C14H19NO2S. The number of hydrogen-bond donors (Lipinski definition) is 0. The first-order chi connectivity index (χ1) is 8.64. The molecule has 1 aromatic rings. The third kappa shape index (κ3) is 3.06. The summed E-state index contributed by atoms with van der Waals surface area (Å²) in [6.45, 7) is 4.32. The van der Waals surface area contributed by atoms with Gasteiger partial charge in [-0.1, -0.05) is 30.3 Å². The average Bonchev–Trinajstić information content (AvgIpc) is 2.42. The Bertz CT molecular complexity index is 425. The summed E-state index contributed by atoms with van der Waals surface area (Å²) in [5.41, 5.74) is 0.576. The fraction of sp³-hybridized carbons (Fsp3) is 0.500. The number of carbonyl (C=O) groups is 1. The highest BCUT2D eigenvalue weighted by Gasteiger charge is 2.30. The van der Waals surface area contributed by atoms with Crippen LogP contribution >= 0.6 is 0 Å². The van der Waals surface area contributed by atoms with Crippen molar-refractivity contribution in [3.8, 4) is 0 Å². The lowest BCUT2D eigenvalue weighted by Crippen LogP contribution is -2.46. The van der Waals surface area contributed by atoms with Crippen molar-refractivity contribution in [1.29, 1.82) is 0 Å². The first-order valence-electron chi connectivity index (χ1n) is 6.23. The van der Waals surface area contributed by atoms with Gasteiger partial charge in [0.15, 0.2) is 0 Å². The highest BCUT2D eigenvalue weighted by molar-refractivity contribution is 7.85. The van der Waals surface area contributed by atoms with Gasteiger partial charge in [0, 0.05) is 41.9 Å². The fourth-order valence-corrected chi connectivity index (χ4v) is 3.44. The first-order valence-corrected chi connectivity index (χ1v) is 7.72. The Morgan fingerprint density at radius 2 is 1.89 bits per heavy atom. The standard InChI is InChI=1S/C14H19NO2S/c1-14(12-16,13-5-3-2-4-6-13)11-15-7-9-18(17)10-8-15/h2-6,12H,7-11H2,1H3. The summed E-state index contributed by atoms with van der Waals surface area (Å²) in [6, 6.07) is 9.87. The summed E-state index contributed by atoms with van der Waals surface area (Å²) in [5.74, 6) is 1.45. The third-order valence-corrected chi connectivity index (χ3v) is 4.79. The molecule has 1 saturated heterocycles. The van der Waals surface area contributed by atoms with E-state index in [2.05, 4.69) is 4.90 Å². The summed E-state index contributed by atoms with van der Waals surface area (Å²) < 4.78 is 11.3. The van der Waals surface area contributed by atoms with E-state index in [0.29, 0.717) is 6.54 Å². The summed E-state index contributed by atoms with van der Waals surface area (Å²) in [6.07, 6.45) is 1.04. The SMILES string of the molecule is CC(C=O)(CN1CCS(=O)CC1)c1ccccc1. The first kappa shape index (κ1) is 13.4. The molecule has 1 aliphatic rings. The van der Waals surface area contributed by atoms with Gasteiger partial charge >= 0.3 is 0 Å². The molecule has 0 aromatic heterocycles. The van der Waals surface area contributed by atoms with Crippen LogP contribution in [0, 0.1) is 0 Å². The van der Waals surface area contributed by atoms with Crippen molar-refractivity contribution in [3.05, 3.63) is 35.9 Å². The van der Waals surface area contributed by atoms with Gasteiger partial charge in [0.05, 0.1) is 5.41 Å². The van der Waals surface area contributed by atoms with Crippen LogP contribution in [0.15, 0.2) is 30.3 Å². The molecule has 1 fully saturated rings. The predicted octanol–water partition coefficient (Wildman–Crippen LogP) is 1.21. The minimum absolute atomic E-state index is 0.472.